The Morgan fingerprint density at radius 2 is 1.72 bits per heavy atom. The molecule has 176 valence electrons. The van der Waals surface area contributed by atoms with E-state index in [9.17, 15) is 26.4 Å². The lowest BCUT2D eigenvalue weighted by Crippen LogP contribution is -2.35. The Labute approximate surface area is 183 Å². The van der Waals surface area contributed by atoms with Crippen molar-refractivity contribution in [3.63, 3.8) is 0 Å². The molecule has 8 nitrogen and oxygen atoms in total. The molecule has 1 aromatic heterocycles. The van der Waals surface area contributed by atoms with E-state index in [1.807, 2.05) is 4.90 Å². The van der Waals surface area contributed by atoms with Crippen LogP contribution in [0.1, 0.15) is 24.9 Å². The average molecular weight is 476 g/mol. The zero-order chi connectivity index (χ0) is 23.4. The van der Waals surface area contributed by atoms with Gasteiger partial charge in [0.05, 0.1) is 11.4 Å². The molecule has 0 amide bonds. The maximum absolute atomic E-state index is 12.9. The summed E-state index contributed by atoms with van der Waals surface area (Å²) in [7, 11) is -3.86. The van der Waals surface area contributed by atoms with Crippen LogP contribution in [0.15, 0.2) is 45.7 Å². The van der Waals surface area contributed by atoms with E-state index in [0.29, 0.717) is 37.6 Å². The smallest absolute Gasteiger partial charge is 0.461 e. The second-order valence-electron chi connectivity index (χ2n) is 7.20. The number of carbonyl (C=O) groups excluding carboxylic acids is 1. The molecule has 1 fully saturated rings. The Kier molecular flexibility index (Phi) is 7.47. The molecule has 1 aliphatic rings. The third-order valence-corrected chi connectivity index (χ3v) is 6.67. The number of furan rings is 1. The van der Waals surface area contributed by atoms with Gasteiger partial charge in [-0.1, -0.05) is 0 Å². The van der Waals surface area contributed by atoms with Gasteiger partial charge in [0.25, 0.3) is 0 Å². The second-order valence-corrected chi connectivity index (χ2v) is 9.14. The molecule has 0 spiro atoms. The molecule has 1 saturated heterocycles. The molecule has 3 rings (SSSR count). The van der Waals surface area contributed by atoms with Crippen molar-refractivity contribution < 1.29 is 40.3 Å². The van der Waals surface area contributed by atoms with E-state index < -0.39 is 28.1 Å². The highest BCUT2D eigenvalue weighted by Crippen LogP contribution is 2.25. The van der Waals surface area contributed by atoms with Crippen LogP contribution < -0.4 is 4.74 Å². The van der Waals surface area contributed by atoms with E-state index in [-0.39, 0.29) is 24.6 Å². The topological polar surface area (TPSA) is 89.3 Å². The first kappa shape index (κ1) is 24.1. The van der Waals surface area contributed by atoms with Crippen molar-refractivity contribution in [1.29, 1.82) is 0 Å². The summed E-state index contributed by atoms with van der Waals surface area (Å²) in [6.07, 6.45) is -4.26. The van der Waals surface area contributed by atoms with Crippen LogP contribution in [0.25, 0.3) is 0 Å². The van der Waals surface area contributed by atoms with Crippen LogP contribution in [0, 0.1) is 0 Å². The van der Waals surface area contributed by atoms with Crippen LogP contribution in [0.4, 0.5) is 13.2 Å². The summed E-state index contributed by atoms with van der Waals surface area (Å²) in [5, 5.41) is 0. The van der Waals surface area contributed by atoms with Crippen molar-refractivity contribution in [2.24, 2.45) is 0 Å². The number of ether oxygens (including phenoxy) is 2. The molecule has 12 heteroatoms. The minimum Gasteiger partial charge on any atom is -0.461 e. The van der Waals surface area contributed by atoms with Gasteiger partial charge < -0.3 is 13.9 Å². The molecule has 0 unspecified atom stereocenters. The zero-order valence-corrected chi connectivity index (χ0v) is 18.1. The van der Waals surface area contributed by atoms with E-state index >= 15 is 0 Å². The van der Waals surface area contributed by atoms with Crippen molar-refractivity contribution in [1.82, 2.24) is 9.21 Å². The first-order valence-electron chi connectivity index (χ1n) is 9.82. The van der Waals surface area contributed by atoms with E-state index in [1.54, 1.807) is 12.1 Å². The Morgan fingerprint density at radius 3 is 2.38 bits per heavy atom. The van der Waals surface area contributed by atoms with E-state index in [2.05, 4.69) is 4.74 Å². The normalized spacial score (nSPS) is 16.5. The molecule has 0 N–H and O–H groups in total. The first-order chi connectivity index (χ1) is 15.0. The molecule has 0 aliphatic carbocycles. The molecule has 0 radical (unpaired) electrons. The van der Waals surface area contributed by atoms with Gasteiger partial charge in [0.1, 0.15) is 23.9 Å². The molecule has 0 saturated carbocycles. The van der Waals surface area contributed by atoms with Crippen LogP contribution in [-0.2, 0) is 32.7 Å². The predicted molar refractivity (Wildman–Crippen MR) is 106 cm³/mol. The summed E-state index contributed by atoms with van der Waals surface area (Å²) in [5.41, 5.74) is 0. The van der Waals surface area contributed by atoms with Crippen molar-refractivity contribution >= 4 is 16.0 Å². The summed E-state index contributed by atoms with van der Waals surface area (Å²) in [4.78, 5) is 12.8. The van der Waals surface area contributed by atoms with Gasteiger partial charge in [0.2, 0.25) is 10.0 Å². The number of nitrogens with zero attached hydrogens (tertiary/aromatic N) is 2. The lowest BCUT2D eigenvalue weighted by atomic mass is 10.3. The van der Waals surface area contributed by atoms with Crippen molar-refractivity contribution in [2.45, 2.75) is 37.8 Å². The molecule has 32 heavy (non-hydrogen) atoms. The lowest BCUT2D eigenvalue weighted by molar-refractivity contribution is -0.274. The number of carbonyl (C=O) groups is 1. The maximum atomic E-state index is 12.9. The summed E-state index contributed by atoms with van der Waals surface area (Å²) in [5.74, 6) is 0.306. The fourth-order valence-corrected chi connectivity index (χ4v) is 4.76. The highest BCUT2D eigenvalue weighted by atomic mass is 32.2. The quantitative estimate of drug-likeness (QED) is 0.567. The Morgan fingerprint density at radius 1 is 1.03 bits per heavy atom. The molecule has 2 aromatic rings. The maximum Gasteiger partial charge on any atom is 0.573 e. The monoisotopic (exact) mass is 476 g/mol. The highest BCUT2D eigenvalue weighted by Gasteiger charge is 2.32. The van der Waals surface area contributed by atoms with Crippen LogP contribution in [-0.4, -0.2) is 56.1 Å². The number of sulfonamides is 1. The van der Waals surface area contributed by atoms with Gasteiger partial charge in [-0.3, -0.25) is 9.69 Å². The van der Waals surface area contributed by atoms with Crippen LogP contribution in [0.3, 0.4) is 0 Å². The van der Waals surface area contributed by atoms with E-state index in [0.717, 1.165) is 24.3 Å². The summed E-state index contributed by atoms with van der Waals surface area (Å²) < 4.78 is 78.4. The fourth-order valence-electron chi connectivity index (χ4n) is 3.29. The van der Waals surface area contributed by atoms with Crippen LogP contribution in [0.2, 0.25) is 0 Å². The second kappa shape index (κ2) is 9.92. The molecule has 1 aromatic carbocycles. The Bertz CT molecular complexity index is 1020. The summed E-state index contributed by atoms with van der Waals surface area (Å²) in [6.45, 7) is 3.44. The minimum absolute atomic E-state index is 0.0498. The highest BCUT2D eigenvalue weighted by molar-refractivity contribution is 7.89. The molecule has 0 atom stereocenters. The van der Waals surface area contributed by atoms with E-state index in [1.165, 1.54) is 11.2 Å². The van der Waals surface area contributed by atoms with E-state index in [4.69, 9.17) is 9.15 Å². The Balaban J connectivity index is 1.58. The number of benzene rings is 1. The van der Waals surface area contributed by atoms with Gasteiger partial charge in [-0.2, -0.15) is 4.31 Å². The van der Waals surface area contributed by atoms with Gasteiger partial charge in [-0.15, -0.1) is 13.2 Å². The third-order valence-electron chi connectivity index (χ3n) is 4.76. The molecule has 0 bridgehead atoms. The molecular weight excluding hydrogens is 453 g/mol. The number of alkyl halides is 3. The Hall–Kier alpha value is -2.57. The number of rotatable bonds is 7. The SMILES string of the molecule is CC(=O)OCc1ccc(CN2CCCN(S(=O)(=O)c3ccc(OC(F)(F)F)cc3)CC2)o1. The third kappa shape index (κ3) is 6.71. The number of halogens is 3. The van der Waals surface area contributed by atoms with Crippen LogP contribution >= 0.6 is 0 Å². The molecular formula is C20H23F3N2O6S. The van der Waals surface area contributed by atoms with Gasteiger partial charge >= 0.3 is 12.3 Å². The van der Waals surface area contributed by atoms with Crippen molar-refractivity contribution in [3.8, 4) is 5.75 Å². The van der Waals surface area contributed by atoms with Gasteiger partial charge in [0.15, 0.2) is 0 Å². The number of hydrogen-bond donors (Lipinski definition) is 0. The minimum atomic E-state index is -4.84. The predicted octanol–water partition coefficient (Wildman–Crippen LogP) is 3.14. The number of hydrogen-bond acceptors (Lipinski definition) is 7. The van der Waals surface area contributed by atoms with Gasteiger partial charge in [0, 0.05) is 26.6 Å². The standard InChI is InChI=1S/C20H23F3N2O6S/c1-15(26)29-14-18-4-3-17(30-18)13-24-9-2-10-25(12-11-24)32(27,28)19-7-5-16(6-8-19)31-20(21,22)23/h3-8H,2,9-14H2,1H3. The zero-order valence-electron chi connectivity index (χ0n) is 17.3. The molecule has 2 heterocycles. The van der Waals surface area contributed by atoms with Gasteiger partial charge in [-0.25, -0.2) is 8.42 Å². The van der Waals surface area contributed by atoms with Crippen LogP contribution in [0.5, 0.6) is 5.75 Å². The molecule has 1 aliphatic heterocycles. The summed E-state index contributed by atoms with van der Waals surface area (Å²) >= 11 is 0. The number of esters is 1. The average Bonchev–Trinajstić information content (AvgIpc) is 3.01. The summed E-state index contributed by atoms with van der Waals surface area (Å²) in [6, 6.07) is 7.67. The van der Waals surface area contributed by atoms with Crippen molar-refractivity contribution in [2.75, 3.05) is 26.2 Å². The fraction of sp³-hybridized carbons (Fsp3) is 0.450. The largest absolute Gasteiger partial charge is 0.573 e. The first-order valence-corrected chi connectivity index (χ1v) is 11.3. The lowest BCUT2D eigenvalue weighted by Gasteiger charge is -2.21. The van der Waals surface area contributed by atoms with Crippen molar-refractivity contribution in [3.05, 3.63) is 47.9 Å². The van der Waals surface area contributed by atoms with Gasteiger partial charge in [-0.05, 0) is 49.4 Å².